The largest absolute Gasteiger partial charge is 0.367 e. The molecule has 8 heteroatoms. The molecule has 2 aromatic heterocycles. The average molecular weight is 395 g/mol. The maximum atomic E-state index is 5.92. The van der Waals surface area contributed by atoms with Crippen molar-refractivity contribution in [2.45, 2.75) is 20.3 Å². The Balaban J connectivity index is 1.48. The number of rotatable bonds is 6. The lowest BCUT2D eigenvalue weighted by molar-refractivity contribution is 0.154. The number of fused-ring (bicyclic) bond motifs is 1. The smallest absolute Gasteiger partial charge is 0.240 e. The van der Waals surface area contributed by atoms with Crippen molar-refractivity contribution in [2.75, 3.05) is 57.4 Å². The minimum Gasteiger partial charge on any atom is -0.367 e. The molecular formula is C21H30N8. The van der Waals surface area contributed by atoms with Gasteiger partial charge in [0.15, 0.2) is 5.82 Å². The van der Waals surface area contributed by atoms with Crippen LogP contribution in [0.2, 0.25) is 0 Å². The van der Waals surface area contributed by atoms with Crippen LogP contribution in [0.15, 0.2) is 24.4 Å². The van der Waals surface area contributed by atoms with Gasteiger partial charge >= 0.3 is 0 Å². The Morgan fingerprint density at radius 2 is 1.79 bits per heavy atom. The first kappa shape index (κ1) is 19.6. The fraction of sp³-hybridized carbons (Fsp3) is 0.476. The van der Waals surface area contributed by atoms with Gasteiger partial charge in [-0.25, -0.2) is 9.50 Å². The molecule has 29 heavy (non-hydrogen) atoms. The van der Waals surface area contributed by atoms with E-state index in [9.17, 15) is 0 Å². The Kier molecular flexibility index (Phi) is 5.64. The van der Waals surface area contributed by atoms with E-state index in [2.05, 4.69) is 69.3 Å². The van der Waals surface area contributed by atoms with Gasteiger partial charge in [0.05, 0.1) is 11.9 Å². The van der Waals surface area contributed by atoms with Gasteiger partial charge in [-0.05, 0) is 46.0 Å². The quantitative estimate of drug-likeness (QED) is 0.619. The van der Waals surface area contributed by atoms with Crippen LogP contribution >= 0.6 is 0 Å². The average Bonchev–Trinajstić information content (AvgIpc) is 3.07. The maximum absolute atomic E-state index is 5.92. The number of aromatic nitrogens is 4. The van der Waals surface area contributed by atoms with Gasteiger partial charge in [-0.2, -0.15) is 4.98 Å². The lowest BCUT2D eigenvalue weighted by atomic mass is 10.1. The molecule has 1 fully saturated rings. The van der Waals surface area contributed by atoms with Crippen LogP contribution in [0.1, 0.15) is 17.5 Å². The number of nitrogens with zero attached hydrogens (tertiary/aromatic N) is 6. The number of anilines is 2. The first-order valence-electron chi connectivity index (χ1n) is 10.2. The van der Waals surface area contributed by atoms with Crippen molar-refractivity contribution < 1.29 is 0 Å². The number of nitrogens with one attached hydrogen (secondary N) is 1. The molecule has 0 saturated carbocycles. The molecule has 0 bridgehead atoms. The van der Waals surface area contributed by atoms with Gasteiger partial charge in [0.25, 0.3) is 0 Å². The Labute approximate surface area is 171 Å². The fourth-order valence-electron chi connectivity index (χ4n) is 3.91. The Hall–Kier alpha value is -2.71. The summed E-state index contributed by atoms with van der Waals surface area (Å²) < 4.78 is 1.79. The number of likely N-dealkylation sites (N-methyl/N-ethyl adjacent to an activating group) is 1. The van der Waals surface area contributed by atoms with E-state index < -0.39 is 0 Å². The van der Waals surface area contributed by atoms with E-state index in [-0.39, 0.29) is 5.95 Å². The molecule has 0 atom stereocenters. The minimum absolute atomic E-state index is 0.254. The predicted octanol–water partition coefficient (Wildman–Crippen LogP) is 2.04. The van der Waals surface area contributed by atoms with Crippen molar-refractivity contribution in [1.29, 1.82) is 0 Å². The molecule has 0 unspecified atom stereocenters. The summed E-state index contributed by atoms with van der Waals surface area (Å²) in [4.78, 5) is 13.9. The number of nitrogen functional groups attached to an aromatic ring is 1. The van der Waals surface area contributed by atoms with Gasteiger partial charge in [0.1, 0.15) is 0 Å². The maximum Gasteiger partial charge on any atom is 0.240 e. The monoisotopic (exact) mass is 394 g/mol. The van der Waals surface area contributed by atoms with Crippen molar-refractivity contribution in [3.8, 4) is 11.3 Å². The van der Waals surface area contributed by atoms with Crippen molar-refractivity contribution in [1.82, 2.24) is 29.4 Å². The second kappa shape index (κ2) is 8.34. The summed E-state index contributed by atoms with van der Waals surface area (Å²) in [5, 5.41) is 7.83. The molecule has 0 aliphatic carbocycles. The first-order chi connectivity index (χ1) is 14.0. The van der Waals surface area contributed by atoms with Crippen LogP contribution in [0.3, 0.4) is 0 Å². The molecule has 1 aliphatic heterocycles. The Bertz CT molecular complexity index is 968. The highest BCUT2D eigenvalue weighted by Crippen LogP contribution is 2.25. The van der Waals surface area contributed by atoms with E-state index in [0.717, 1.165) is 62.8 Å². The lowest BCUT2D eigenvalue weighted by Crippen LogP contribution is -2.44. The van der Waals surface area contributed by atoms with E-state index in [1.165, 1.54) is 11.1 Å². The topological polar surface area (TPSA) is 87.6 Å². The Morgan fingerprint density at radius 3 is 2.52 bits per heavy atom. The molecule has 1 aromatic carbocycles. The highest BCUT2D eigenvalue weighted by atomic mass is 15.3. The van der Waals surface area contributed by atoms with Crippen LogP contribution in [0.5, 0.6) is 0 Å². The molecule has 1 aliphatic rings. The first-order valence-corrected chi connectivity index (χ1v) is 10.2. The SMILES string of the molecule is Cc1cc(C)cc(-c2cnc(NCCCN3CCN(C)CC3)c3nc(N)nn23)c1. The van der Waals surface area contributed by atoms with Gasteiger partial charge < -0.3 is 20.9 Å². The zero-order valence-corrected chi connectivity index (χ0v) is 17.5. The second-order valence-corrected chi connectivity index (χ2v) is 8.00. The third kappa shape index (κ3) is 4.49. The van der Waals surface area contributed by atoms with Crippen LogP contribution in [-0.4, -0.2) is 75.7 Å². The molecule has 4 rings (SSSR count). The molecule has 0 spiro atoms. The van der Waals surface area contributed by atoms with Gasteiger partial charge in [-0.15, -0.1) is 5.10 Å². The summed E-state index contributed by atoms with van der Waals surface area (Å²) in [7, 11) is 2.18. The van der Waals surface area contributed by atoms with Crippen LogP contribution < -0.4 is 11.1 Å². The summed E-state index contributed by atoms with van der Waals surface area (Å²) in [6.07, 6.45) is 2.90. The number of piperazine rings is 1. The van der Waals surface area contributed by atoms with Crippen molar-refractivity contribution in [3.63, 3.8) is 0 Å². The number of hydrogen-bond donors (Lipinski definition) is 2. The highest BCUT2D eigenvalue weighted by Gasteiger charge is 2.15. The molecule has 154 valence electrons. The number of hydrogen-bond acceptors (Lipinski definition) is 7. The van der Waals surface area contributed by atoms with Gasteiger partial charge in [-0.1, -0.05) is 17.2 Å². The van der Waals surface area contributed by atoms with E-state index in [1.807, 2.05) is 6.20 Å². The van der Waals surface area contributed by atoms with Gasteiger partial charge in [0, 0.05) is 38.3 Å². The molecule has 3 aromatic rings. The molecule has 1 saturated heterocycles. The number of aryl methyl sites for hydroxylation is 2. The highest BCUT2D eigenvalue weighted by molar-refractivity contribution is 5.71. The third-order valence-corrected chi connectivity index (χ3v) is 5.44. The van der Waals surface area contributed by atoms with Gasteiger partial charge in [-0.3, -0.25) is 0 Å². The minimum atomic E-state index is 0.254. The van der Waals surface area contributed by atoms with Crippen molar-refractivity contribution in [3.05, 3.63) is 35.5 Å². The molecule has 0 amide bonds. The van der Waals surface area contributed by atoms with E-state index in [4.69, 9.17) is 5.73 Å². The van der Waals surface area contributed by atoms with E-state index in [0.29, 0.717) is 5.65 Å². The molecule has 3 heterocycles. The second-order valence-electron chi connectivity index (χ2n) is 8.00. The van der Waals surface area contributed by atoms with Crippen molar-refractivity contribution in [2.24, 2.45) is 0 Å². The van der Waals surface area contributed by atoms with E-state index in [1.54, 1.807) is 4.52 Å². The summed E-state index contributed by atoms with van der Waals surface area (Å²) in [6, 6.07) is 6.41. The Morgan fingerprint density at radius 1 is 1.07 bits per heavy atom. The standard InChI is InChI=1S/C21H30N8/c1-15-11-16(2)13-17(12-15)18-14-24-19(20-25-21(22)26-29(18)20)23-5-4-6-28-9-7-27(3)8-10-28/h11-14H,4-10H2,1-3H3,(H2,22,26)(H,23,24). The molecule has 0 radical (unpaired) electrons. The van der Waals surface area contributed by atoms with Crippen LogP contribution in [-0.2, 0) is 0 Å². The molecule has 8 nitrogen and oxygen atoms in total. The van der Waals surface area contributed by atoms with E-state index >= 15 is 0 Å². The lowest BCUT2D eigenvalue weighted by Gasteiger charge is -2.32. The normalized spacial score (nSPS) is 15.8. The zero-order valence-electron chi connectivity index (χ0n) is 17.5. The van der Waals surface area contributed by atoms with Crippen LogP contribution in [0, 0.1) is 13.8 Å². The predicted molar refractivity (Wildman–Crippen MR) is 117 cm³/mol. The summed E-state index contributed by atoms with van der Waals surface area (Å²) in [6.45, 7) is 10.7. The summed E-state index contributed by atoms with van der Waals surface area (Å²) in [5.41, 5.74) is 10.9. The van der Waals surface area contributed by atoms with Gasteiger partial charge in [0.2, 0.25) is 11.6 Å². The molecule has 3 N–H and O–H groups in total. The summed E-state index contributed by atoms with van der Waals surface area (Å²) in [5.74, 6) is 0.977. The van der Waals surface area contributed by atoms with Crippen LogP contribution in [0.25, 0.3) is 16.9 Å². The number of benzene rings is 1. The molecular weight excluding hydrogens is 364 g/mol. The zero-order chi connectivity index (χ0) is 20.4. The summed E-state index contributed by atoms with van der Waals surface area (Å²) >= 11 is 0. The van der Waals surface area contributed by atoms with Crippen LogP contribution in [0.4, 0.5) is 11.8 Å². The van der Waals surface area contributed by atoms with Crippen molar-refractivity contribution >= 4 is 17.4 Å². The fourth-order valence-corrected chi connectivity index (χ4v) is 3.91. The third-order valence-electron chi connectivity index (χ3n) is 5.44. The number of nitrogens with two attached hydrogens (primary N) is 1.